The van der Waals surface area contributed by atoms with Crippen LogP contribution in [-0.4, -0.2) is 25.8 Å². The lowest BCUT2D eigenvalue weighted by Gasteiger charge is -2.36. The van der Waals surface area contributed by atoms with E-state index in [1.807, 2.05) is 6.92 Å². The third-order valence-electron chi connectivity index (χ3n) is 4.62. The normalized spacial score (nSPS) is 28.5. The van der Waals surface area contributed by atoms with E-state index in [1.54, 1.807) is 12.1 Å². The Morgan fingerprint density at radius 2 is 2.00 bits per heavy atom. The van der Waals surface area contributed by atoms with Crippen LogP contribution in [0.1, 0.15) is 57.1 Å². The van der Waals surface area contributed by atoms with E-state index in [0.29, 0.717) is 6.42 Å². The van der Waals surface area contributed by atoms with E-state index < -0.39 is 15.3 Å². The van der Waals surface area contributed by atoms with Gasteiger partial charge in [0, 0.05) is 0 Å². The van der Waals surface area contributed by atoms with Crippen molar-refractivity contribution in [1.82, 2.24) is 4.72 Å². The summed E-state index contributed by atoms with van der Waals surface area (Å²) in [6.45, 7) is 2.03. The Kier molecular flexibility index (Phi) is 5.08. The van der Waals surface area contributed by atoms with Crippen LogP contribution in [-0.2, 0) is 14.8 Å². The van der Waals surface area contributed by atoms with Gasteiger partial charge < -0.3 is 4.74 Å². The van der Waals surface area contributed by atoms with Crippen molar-refractivity contribution in [2.75, 3.05) is 0 Å². The van der Waals surface area contributed by atoms with Crippen molar-refractivity contribution in [1.29, 1.82) is 0 Å². The van der Waals surface area contributed by atoms with Crippen LogP contribution in [0, 0.1) is 5.82 Å². The fraction of sp³-hybridized carbons (Fsp3) is 0.588. The highest BCUT2D eigenvalue weighted by Gasteiger charge is 2.42. The molecule has 3 rings (SSSR count). The molecule has 5 nitrogen and oxygen atoms in total. The number of amidine groups is 1. The minimum atomic E-state index is -3.45. The molecule has 2 unspecified atom stereocenters. The van der Waals surface area contributed by atoms with Crippen molar-refractivity contribution in [3.8, 4) is 0 Å². The molecule has 1 aliphatic heterocycles. The molecule has 3 atom stereocenters. The Morgan fingerprint density at radius 3 is 2.71 bits per heavy atom. The molecule has 1 heterocycles. The quantitative estimate of drug-likeness (QED) is 0.902. The summed E-state index contributed by atoms with van der Waals surface area (Å²) in [5, 5.41) is -0.486. The Labute approximate surface area is 142 Å². The predicted molar refractivity (Wildman–Crippen MR) is 90.7 cm³/mol. The summed E-state index contributed by atoms with van der Waals surface area (Å²) in [5.74, 6) is -0.304. The first-order valence-electron chi connectivity index (χ1n) is 8.51. The molecule has 1 aromatic carbocycles. The highest BCUT2D eigenvalue weighted by atomic mass is 32.2. The monoisotopic (exact) mass is 354 g/mol. The summed E-state index contributed by atoms with van der Waals surface area (Å²) in [6, 6.07) is 5.96. The SMILES string of the molecule is CCC[C@H](N=C1NS(=O)(=O)C2CCCCC2O1)c1ccc(F)cc1. The van der Waals surface area contributed by atoms with E-state index in [9.17, 15) is 12.8 Å². The second kappa shape index (κ2) is 7.09. The van der Waals surface area contributed by atoms with Gasteiger partial charge in [-0.3, -0.25) is 0 Å². The maximum absolute atomic E-state index is 13.1. The van der Waals surface area contributed by atoms with E-state index in [-0.39, 0.29) is 24.0 Å². The van der Waals surface area contributed by atoms with E-state index >= 15 is 0 Å². The summed E-state index contributed by atoms with van der Waals surface area (Å²) >= 11 is 0. The van der Waals surface area contributed by atoms with Gasteiger partial charge in [-0.25, -0.2) is 22.5 Å². The molecule has 0 spiro atoms. The van der Waals surface area contributed by atoms with Gasteiger partial charge in [-0.2, -0.15) is 0 Å². The highest BCUT2D eigenvalue weighted by Crippen LogP contribution is 2.30. The number of rotatable bonds is 4. The zero-order valence-corrected chi connectivity index (χ0v) is 14.6. The molecule has 24 heavy (non-hydrogen) atoms. The second-order valence-corrected chi connectivity index (χ2v) is 8.32. The van der Waals surface area contributed by atoms with Crippen molar-refractivity contribution in [2.45, 2.75) is 62.8 Å². The Balaban J connectivity index is 1.85. The molecule has 1 aromatic rings. The zero-order chi connectivity index (χ0) is 17.2. The molecular formula is C17H23FN2O3S. The number of sulfonamides is 1. The average molecular weight is 354 g/mol. The standard InChI is InChI=1S/C17H23FN2O3S/c1-2-5-14(12-8-10-13(18)11-9-12)19-17-20-24(21,22)16-7-4-3-6-15(16)23-17/h8-11,14-16H,2-7H2,1H3,(H,19,20)/t14-,15?,16?/m0/s1. The Bertz CT molecular complexity index is 703. The van der Waals surface area contributed by atoms with Crippen molar-refractivity contribution in [3.05, 3.63) is 35.6 Å². The van der Waals surface area contributed by atoms with Gasteiger partial charge in [0.25, 0.3) is 6.02 Å². The third-order valence-corrected chi connectivity index (χ3v) is 6.42. The Hall–Kier alpha value is -1.63. The van der Waals surface area contributed by atoms with E-state index in [4.69, 9.17) is 4.74 Å². The summed E-state index contributed by atoms with van der Waals surface area (Å²) in [4.78, 5) is 4.49. The molecule has 0 aromatic heterocycles. The van der Waals surface area contributed by atoms with Crippen molar-refractivity contribution >= 4 is 16.0 Å². The smallest absolute Gasteiger partial charge is 0.299 e. The van der Waals surface area contributed by atoms with Crippen molar-refractivity contribution in [2.24, 2.45) is 4.99 Å². The number of hydrogen-bond donors (Lipinski definition) is 1. The average Bonchev–Trinajstić information content (AvgIpc) is 2.55. The van der Waals surface area contributed by atoms with Gasteiger partial charge in [0.15, 0.2) is 0 Å². The lowest BCUT2D eigenvalue weighted by Crippen LogP contribution is -2.54. The number of nitrogens with zero attached hydrogens (tertiary/aromatic N) is 1. The number of nitrogens with one attached hydrogen (secondary N) is 1. The van der Waals surface area contributed by atoms with Crippen LogP contribution in [0.25, 0.3) is 0 Å². The fourth-order valence-corrected chi connectivity index (χ4v) is 4.94. The number of ether oxygens (including phenoxy) is 1. The number of hydrogen-bond acceptors (Lipinski definition) is 4. The van der Waals surface area contributed by atoms with Gasteiger partial charge >= 0.3 is 0 Å². The molecule has 0 radical (unpaired) electrons. The molecule has 7 heteroatoms. The summed E-state index contributed by atoms with van der Waals surface area (Å²) < 4.78 is 46.3. The number of benzene rings is 1. The van der Waals surface area contributed by atoms with Crippen LogP contribution in [0.5, 0.6) is 0 Å². The largest absolute Gasteiger partial charge is 0.460 e. The lowest BCUT2D eigenvalue weighted by atomic mass is 9.97. The molecular weight excluding hydrogens is 331 g/mol. The Morgan fingerprint density at radius 1 is 1.29 bits per heavy atom. The molecule has 2 fully saturated rings. The molecule has 1 saturated heterocycles. The van der Waals surface area contributed by atoms with Crippen LogP contribution < -0.4 is 4.72 Å². The number of halogens is 1. The lowest BCUT2D eigenvalue weighted by molar-refractivity contribution is 0.131. The first-order chi connectivity index (χ1) is 11.5. The maximum atomic E-state index is 13.1. The highest BCUT2D eigenvalue weighted by molar-refractivity contribution is 7.90. The summed E-state index contributed by atoms with van der Waals surface area (Å²) in [7, 11) is -3.45. The topological polar surface area (TPSA) is 67.8 Å². The minimum absolute atomic E-state index is 0.0703. The van der Waals surface area contributed by atoms with Crippen LogP contribution in [0.15, 0.2) is 29.3 Å². The molecule has 1 saturated carbocycles. The van der Waals surface area contributed by atoms with Crippen LogP contribution in [0.4, 0.5) is 4.39 Å². The van der Waals surface area contributed by atoms with Crippen LogP contribution >= 0.6 is 0 Å². The van der Waals surface area contributed by atoms with E-state index in [0.717, 1.165) is 37.7 Å². The molecule has 1 aliphatic carbocycles. The van der Waals surface area contributed by atoms with Gasteiger partial charge in [-0.15, -0.1) is 0 Å². The third kappa shape index (κ3) is 3.71. The van der Waals surface area contributed by atoms with Crippen molar-refractivity contribution < 1.29 is 17.5 Å². The second-order valence-electron chi connectivity index (χ2n) is 6.42. The van der Waals surface area contributed by atoms with Gasteiger partial charge in [-0.05, 0) is 43.4 Å². The van der Waals surface area contributed by atoms with Gasteiger partial charge in [-0.1, -0.05) is 31.9 Å². The number of aliphatic imine (C=N–C) groups is 1. The minimum Gasteiger partial charge on any atom is -0.460 e. The van der Waals surface area contributed by atoms with Gasteiger partial charge in [0.2, 0.25) is 10.0 Å². The zero-order valence-electron chi connectivity index (χ0n) is 13.7. The molecule has 0 amide bonds. The van der Waals surface area contributed by atoms with Crippen molar-refractivity contribution in [3.63, 3.8) is 0 Å². The van der Waals surface area contributed by atoms with Gasteiger partial charge in [0.05, 0.1) is 6.04 Å². The number of fused-ring (bicyclic) bond motifs is 1. The molecule has 2 aliphatic rings. The molecule has 132 valence electrons. The fourth-order valence-electron chi connectivity index (χ4n) is 3.38. The summed E-state index contributed by atoms with van der Waals surface area (Å²) in [5.41, 5.74) is 0.847. The summed E-state index contributed by atoms with van der Waals surface area (Å²) in [6.07, 6.45) is 4.53. The van der Waals surface area contributed by atoms with E-state index in [1.165, 1.54) is 12.1 Å². The molecule has 0 bridgehead atoms. The first kappa shape index (κ1) is 17.2. The van der Waals surface area contributed by atoms with Gasteiger partial charge in [0.1, 0.15) is 17.2 Å². The molecule has 1 N–H and O–H groups in total. The van der Waals surface area contributed by atoms with E-state index in [2.05, 4.69) is 9.71 Å². The first-order valence-corrected chi connectivity index (χ1v) is 10.1. The predicted octanol–water partition coefficient (Wildman–Crippen LogP) is 3.28. The maximum Gasteiger partial charge on any atom is 0.299 e. The van der Waals surface area contributed by atoms with Crippen LogP contribution in [0.2, 0.25) is 0 Å². The van der Waals surface area contributed by atoms with Crippen LogP contribution in [0.3, 0.4) is 0 Å².